The maximum atomic E-state index is 5.85. The zero-order chi connectivity index (χ0) is 19.6. The SMILES string of the molecule is CO[C@@H]1Sc2ccc(-c3ccc4ccccc4n3)cc2CC1Cc1ccccc1. The molecule has 0 fully saturated rings. The van der Waals surface area contributed by atoms with Crippen LogP contribution in [0.3, 0.4) is 0 Å². The molecule has 1 aliphatic rings. The Balaban J connectivity index is 1.46. The predicted molar refractivity (Wildman–Crippen MR) is 121 cm³/mol. The van der Waals surface area contributed by atoms with E-state index in [2.05, 4.69) is 78.9 Å². The van der Waals surface area contributed by atoms with Gasteiger partial charge in [-0.1, -0.05) is 72.4 Å². The van der Waals surface area contributed by atoms with Gasteiger partial charge in [0, 0.05) is 28.9 Å². The van der Waals surface area contributed by atoms with Crippen LogP contribution in [0.15, 0.2) is 89.8 Å². The van der Waals surface area contributed by atoms with E-state index in [9.17, 15) is 0 Å². The van der Waals surface area contributed by atoms with Crippen molar-refractivity contribution < 1.29 is 4.74 Å². The number of thioether (sulfide) groups is 1. The maximum Gasteiger partial charge on any atom is 0.110 e. The Morgan fingerprint density at radius 1 is 0.931 bits per heavy atom. The third-order valence-electron chi connectivity index (χ3n) is 5.64. The van der Waals surface area contributed by atoms with Crippen molar-refractivity contribution in [2.45, 2.75) is 23.2 Å². The first kappa shape index (κ1) is 18.4. The number of para-hydroxylation sites is 1. The van der Waals surface area contributed by atoms with Crippen LogP contribution in [0.2, 0.25) is 0 Å². The van der Waals surface area contributed by atoms with Gasteiger partial charge in [0.05, 0.1) is 11.2 Å². The lowest BCUT2D eigenvalue weighted by Gasteiger charge is -2.32. The van der Waals surface area contributed by atoms with E-state index in [4.69, 9.17) is 9.72 Å². The lowest BCUT2D eigenvalue weighted by atomic mass is 9.91. The van der Waals surface area contributed by atoms with E-state index in [0.717, 1.165) is 24.1 Å². The van der Waals surface area contributed by atoms with E-state index in [1.807, 2.05) is 24.9 Å². The van der Waals surface area contributed by atoms with Crippen LogP contribution in [0.1, 0.15) is 11.1 Å². The summed E-state index contributed by atoms with van der Waals surface area (Å²) in [6.45, 7) is 0. The van der Waals surface area contributed by atoms with Crippen LogP contribution in [0.5, 0.6) is 0 Å². The summed E-state index contributed by atoms with van der Waals surface area (Å²) < 4.78 is 5.85. The van der Waals surface area contributed by atoms with Gasteiger partial charge in [0.1, 0.15) is 5.44 Å². The molecular weight excluding hydrogens is 374 g/mol. The second-order valence-corrected chi connectivity index (χ2v) is 8.73. The number of methoxy groups -OCH3 is 1. The first-order valence-corrected chi connectivity index (χ1v) is 10.9. The predicted octanol–water partition coefficient (Wildman–Crippen LogP) is 6.38. The highest BCUT2D eigenvalue weighted by molar-refractivity contribution is 7.99. The fourth-order valence-electron chi connectivity index (χ4n) is 4.17. The van der Waals surface area contributed by atoms with Gasteiger partial charge in [-0.25, -0.2) is 4.98 Å². The molecule has 1 aromatic heterocycles. The first-order chi connectivity index (χ1) is 14.3. The van der Waals surface area contributed by atoms with Gasteiger partial charge < -0.3 is 4.74 Å². The molecule has 3 aromatic carbocycles. The molecule has 29 heavy (non-hydrogen) atoms. The average Bonchev–Trinajstić information content (AvgIpc) is 2.78. The molecule has 3 heteroatoms. The number of benzene rings is 3. The van der Waals surface area contributed by atoms with Crippen LogP contribution >= 0.6 is 11.8 Å². The molecule has 4 aromatic rings. The number of hydrogen-bond acceptors (Lipinski definition) is 3. The van der Waals surface area contributed by atoms with Crippen LogP contribution in [0.25, 0.3) is 22.2 Å². The van der Waals surface area contributed by atoms with Crippen molar-refractivity contribution >= 4 is 22.7 Å². The Hall–Kier alpha value is -2.62. The van der Waals surface area contributed by atoms with Crippen molar-refractivity contribution in [1.29, 1.82) is 0 Å². The lowest BCUT2D eigenvalue weighted by molar-refractivity contribution is 0.119. The molecule has 0 amide bonds. The minimum absolute atomic E-state index is 0.187. The Labute approximate surface area is 176 Å². The summed E-state index contributed by atoms with van der Waals surface area (Å²) in [5, 5.41) is 1.18. The summed E-state index contributed by atoms with van der Waals surface area (Å²) in [6.07, 6.45) is 2.06. The van der Waals surface area contributed by atoms with Crippen molar-refractivity contribution in [3.63, 3.8) is 0 Å². The Morgan fingerprint density at radius 2 is 1.76 bits per heavy atom. The van der Waals surface area contributed by atoms with E-state index in [1.54, 1.807) is 0 Å². The smallest absolute Gasteiger partial charge is 0.110 e. The van der Waals surface area contributed by atoms with Gasteiger partial charge in [-0.2, -0.15) is 0 Å². The minimum Gasteiger partial charge on any atom is -0.370 e. The fraction of sp³-hybridized carbons (Fsp3) is 0.192. The quantitative estimate of drug-likeness (QED) is 0.399. The Kier molecular flexibility index (Phi) is 5.09. The number of pyridine rings is 1. The molecule has 0 saturated carbocycles. The Morgan fingerprint density at radius 3 is 2.62 bits per heavy atom. The summed E-state index contributed by atoms with van der Waals surface area (Å²) in [6, 6.07) is 30.0. The minimum atomic E-state index is 0.187. The summed E-state index contributed by atoms with van der Waals surface area (Å²) in [7, 11) is 1.83. The van der Waals surface area contributed by atoms with Gasteiger partial charge in [-0.15, -0.1) is 0 Å². The molecule has 144 valence electrons. The number of aromatic nitrogens is 1. The summed E-state index contributed by atoms with van der Waals surface area (Å²) in [4.78, 5) is 6.21. The molecule has 0 bridgehead atoms. The van der Waals surface area contributed by atoms with Gasteiger partial charge >= 0.3 is 0 Å². The van der Waals surface area contributed by atoms with E-state index in [-0.39, 0.29) is 5.44 Å². The zero-order valence-corrected chi connectivity index (χ0v) is 17.2. The van der Waals surface area contributed by atoms with E-state index < -0.39 is 0 Å². The third kappa shape index (κ3) is 3.81. The highest BCUT2D eigenvalue weighted by Gasteiger charge is 2.29. The molecule has 0 spiro atoms. The highest BCUT2D eigenvalue weighted by atomic mass is 32.2. The molecule has 1 aliphatic heterocycles. The number of rotatable bonds is 4. The number of fused-ring (bicyclic) bond motifs is 2. The largest absolute Gasteiger partial charge is 0.370 e. The van der Waals surface area contributed by atoms with Crippen LogP contribution in [0.4, 0.5) is 0 Å². The molecular formula is C26H23NOS. The second kappa shape index (κ2) is 8.02. The van der Waals surface area contributed by atoms with E-state index in [0.29, 0.717) is 5.92 Å². The first-order valence-electron chi connectivity index (χ1n) is 10.0. The normalized spacial score (nSPS) is 18.5. The molecule has 2 atom stereocenters. The molecule has 5 rings (SSSR count). The van der Waals surface area contributed by atoms with Gasteiger partial charge in [0.2, 0.25) is 0 Å². The van der Waals surface area contributed by atoms with Crippen LogP contribution in [-0.4, -0.2) is 17.5 Å². The van der Waals surface area contributed by atoms with Gasteiger partial charge in [0.15, 0.2) is 0 Å². The zero-order valence-electron chi connectivity index (χ0n) is 16.4. The van der Waals surface area contributed by atoms with Crippen LogP contribution in [-0.2, 0) is 17.6 Å². The highest BCUT2D eigenvalue weighted by Crippen LogP contribution is 2.41. The summed E-state index contributed by atoms with van der Waals surface area (Å²) >= 11 is 1.85. The van der Waals surface area contributed by atoms with Gasteiger partial charge in [0.25, 0.3) is 0 Å². The number of hydrogen-bond donors (Lipinski definition) is 0. The van der Waals surface area contributed by atoms with Crippen molar-refractivity contribution in [1.82, 2.24) is 4.98 Å². The monoisotopic (exact) mass is 397 g/mol. The molecule has 1 unspecified atom stereocenters. The molecule has 0 aliphatic carbocycles. The van der Waals surface area contributed by atoms with E-state index in [1.165, 1.54) is 27.0 Å². The summed E-state index contributed by atoms with van der Waals surface area (Å²) in [5.74, 6) is 0.458. The average molecular weight is 398 g/mol. The number of ether oxygens (including phenoxy) is 1. The maximum absolute atomic E-state index is 5.85. The molecule has 0 N–H and O–H groups in total. The molecule has 2 heterocycles. The third-order valence-corrected chi connectivity index (χ3v) is 7.10. The van der Waals surface area contributed by atoms with Crippen LogP contribution in [0, 0.1) is 5.92 Å². The van der Waals surface area contributed by atoms with Crippen molar-refractivity contribution in [3.05, 3.63) is 96.1 Å². The second-order valence-electron chi connectivity index (χ2n) is 7.59. The summed E-state index contributed by atoms with van der Waals surface area (Å²) in [5.41, 5.74) is 6.22. The topological polar surface area (TPSA) is 22.1 Å². The van der Waals surface area contributed by atoms with Crippen LogP contribution < -0.4 is 0 Å². The molecule has 2 nitrogen and oxygen atoms in total. The van der Waals surface area contributed by atoms with Gasteiger partial charge in [-0.05, 0) is 48.2 Å². The van der Waals surface area contributed by atoms with Crippen molar-refractivity contribution in [2.24, 2.45) is 5.92 Å². The fourth-order valence-corrected chi connectivity index (χ4v) is 5.34. The van der Waals surface area contributed by atoms with Gasteiger partial charge in [-0.3, -0.25) is 0 Å². The lowest BCUT2D eigenvalue weighted by Crippen LogP contribution is -2.27. The Bertz CT molecular complexity index is 1140. The van der Waals surface area contributed by atoms with E-state index >= 15 is 0 Å². The number of nitrogens with zero attached hydrogens (tertiary/aromatic N) is 1. The molecule has 0 saturated heterocycles. The molecule has 0 radical (unpaired) electrons. The van der Waals surface area contributed by atoms with Crippen molar-refractivity contribution in [2.75, 3.05) is 7.11 Å². The van der Waals surface area contributed by atoms with Crippen molar-refractivity contribution in [3.8, 4) is 11.3 Å². The standard InChI is InChI=1S/C26H23NOS/c1-28-26-22(15-18-7-3-2-4-8-18)17-21-16-20(12-14-25(21)29-26)24-13-11-19-9-5-6-10-23(19)27-24/h2-14,16,22,26H,15,17H2,1H3/t22?,26-/m1/s1.